The molecule has 31 heavy (non-hydrogen) atoms. The van der Waals surface area contributed by atoms with E-state index in [9.17, 15) is 9.59 Å². The van der Waals surface area contributed by atoms with Gasteiger partial charge in [0, 0.05) is 37.0 Å². The van der Waals surface area contributed by atoms with Crippen LogP contribution in [0.4, 0.5) is 11.1 Å². The molecule has 9 heteroatoms. The Balaban J connectivity index is 1.45. The van der Waals surface area contributed by atoms with Gasteiger partial charge in [0.05, 0.1) is 12.3 Å². The number of aromatic nitrogens is 3. The molecule has 3 aromatic rings. The Bertz CT molecular complexity index is 1030. The molecule has 1 aromatic carbocycles. The van der Waals surface area contributed by atoms with Crippen LogP contribution in [-0.2, 0) is 9.53 Å². The Hall–Kier alpha value is -3.33. The lowest BCUT2D eigenvalue weighted by molar-refractivity contribution is -0.120. The van der Waals surface area contributed by atoms with E-state index in [2.05, 4.69) is 25.2 Å². The molecule has 4 rings (SSSR count). The van der Waals surface area contributed by atoms with Crippen molar-refractivity contribution in [3.63, 3.8) is 0 Å². The second-order valence-electron chi connectivity index (χ2n) is 7.08. The van der Waals surface area contributed by atoms with Gasteiger partial charge >= 0.3 is 5.97 Å². The fraction of sp³-hybridized carbons (Fsp3) is 0.318. The molecule has 1 aliphatic rings. The number of carbonyl (C=O) groups is 2. The topological polar surface area (TPSA) is 97.3 Å². The number of nitrogens with zero attached hydrogens (tertiary/aromatic N) is 4. The van der Waals surface area contributed by atoms with Gasteiger partial charge in [0.2, 0.25) is 11.9 Å². The first kappa shape index (κ1) is 20.9. The van der Waals surface area contributed by atoms with E-state index >= 15 is 0 Å². The van der Waals surface area contributed by atoms with Crippen molar-refractivity contribution in [1.29, 1.82) is 0 Å². The first-order valence-corrected chi connectivity index (χ1v) is 11.0. The summed E-state index contributed by atoms with van der Waals surface area (Å²) in [4.78, 5) is 40.8. The third-order valence-corrected chi connectivity index (χ3v) is 6.02. The maximum atomic E-state index is 12.9. The molecule has 0 saturated carbocycles. The lowest BCUT2D eigenvalue weighted by atomic mass is 9.96. The zero-order valence-corrected chi connectivity index (χ0v) is 18.0. The summed E-state index contributed by atoms with van der Waals surface area (Å²) in [6.45, 7) is 3.46. The molecule has 1 amide bonds. The lowest BCUT2D eigenvalue weighted by Gasteiger charge is -2.30. The Kier molecular flexibility index (Phi) is 6.51. The Morgan fingerprint density at radius 1 is 1.13 bits per heavy atom. The van der Waals surface area contributed by atoms with Gasteiger partial charge in [0.15, 0.2) is 5.13 Å². The van der Waals surface area contributed by atoms with Gasteiger partial charge in [-0.15, -0.1) is 0 Å². The third kappa shape index (κ3) is 4.88. The van der Waals surface area contributed by atoms with E-state index < -0.39 is 5.97 Å². The SMILES string of the molecule is CCOC(=O)c1sc(NC(=O)C2CCN(c3ncccn3)CC2)nc1-c1ccccc1. The van der Waals surface area contributed by atoms with E-state index in [1.165, 1.54) is 0 Å². The number of piperidine rings is 1. The number of hydrogen-bond acceptors (Lipinski definition) is 8. The molecule has 0 unspecified atom stereocenters. The summed E-state index contributed by atoms with van der Waals surface area (Å²) < 4.78 is 5.18. The largest absolute Gasteiger partial charge is 0.462 e. The number of nitrogens with one attached hydrogen (secondary N) is 1. The van der Waals surface area contributed by atoms with E-state index in [-0.39, 0.29) is 18.4 Å². The van der Waals surface area contributed by atoms with Crippen LogP contribution in [0.25, 0.3) is 11.3 Å². The van der Waals surface area contributed by atoms with Gasteiger partial charge in [-0.1, -0.05) is 41.7 Å². The molecule has 8 nitrogen and oxygen atoms in total. The standard InChI is InChI=1S/C22H23N5O3S/c1-2-30-20(29)18-17(15-7-4-3-5-8-15)25-22(31-18)26-19(28)16-9-13-27(14-10-16)21-23-11-6-12-24-21/h3-8,11-12,16H,2,9-10,13-14H2,1H3,(H,25,26,28). The van der Waals surface area contributed by atoms with Gasteiger partial charge < -0.3 is 15.0 Å². The van der Waals surface area contributed by atoms with Gasteiger partial charge in [0.1, 0.15) is 4.88 Å². The minimum absolute atomic E-state index is 0.0857. The van der Waals surface area contributed by atoms with Gasteiger partial charge in [0.25, 0.3) is 0 Å². The highest BCUT2D eigenvalue weighted by Gasteiger charge is 2.28. The highest BCUT2D eigenvalue weighted by molar-refractivity contribution is 7.18. The first-order chi connectivity index (χ1) is 15.2. The molecule has 1 fully saturated rings. The van der Waals surface area contributed by atoms with Crippen LogP contribution < -0.4 is 10.2 Å². The summed E-state index contributed by atoms with van der Waals surface area (Å²) in [6.07, 6.45) is 4.83. The third-order valence-electron chi connectivity index (χ3n) is 5.07. The molecule has 0 bridgehead atoms. The lowest BCUT2D eigenvalue weighted by Crippen LogP contribution is -2.39. The van der Waals surface area contributed by atoms with Crippen molar-refractivity contribution < 1.29 is 14.3 Å². The summed E-state index contributed by atoms with van der Waals surface area (Å²) in [5.41, 5.74) is 1.33. The Morgan fingerprint density at radius 2 is 1.84 bits per heavy atom. The van der Waals surface area contributed by atoms with Gasteiger partial charge in [-0.05, 0) is 25.8 Å². The monoisotopic (exact) mass is 437 g/mol. The molecule has 0 aliphatic carbocycles. The van der Waals surface area contributed by atoms with E-state index in [1.54, 1.807) is 25.4 Å². The summed E-state index contributed by atoms with van der Waals surface area (Å²) in [5, 5.41) is 3.31. The van der Waals surface area contributed by atoms with Crippen molar-refractivity contribution >= 4 is 34.3 Å². The molecule has 0 radical (unpaired) electrons. The number of rotatable bonds is 6. The van der Waals surface area contributed by atoms with Gasteiger partial charge in [-0.3, -0.25) is 4.79 Å². The number of benzene rings is 1. The van der Waals surface area contributed by atoms with Crippen molar-refractivity contribution in [2.45, 2.75) is 19.8 Å². The van der Waals surface area contributed by atoms with E-state index in [0.29, 0.717) is 47.6 Å². The molecule has 0 atom stereocenters. The second-order valence-corrected chi connectivity index (χ2v) is 8.08. The molecule has 1 saturated heterocycles. The van der Waals surface area contributed by atoms with Crippen LogP contribution in [0.1, 0.15) is 29.4 Å². The number of carbonyl (C=O) groups excluding carboxylic acids is 2. The summed E-state index contributed by atoms with van der Waals surface area (Å²) >= 11 is 1.14. The zero-order valence-electron chi connectivity index (χ0n) is 17.2. The molecular weight excluding hydrogens is 414 g/mol. The Labute approximate surface area is 184 Å². The number of hydrogen-bond donors (Lipinski definition) is 1. The van der Waals surface area contributed by atoms with Crippen molar-refractivity contribution in [2.75, 3.05) is 29.9 Å². The molecule has 1 aliphatic heterocycles. The maximum absolute atomic E-state index is 12.9. The number of esters is 1. The van der Waals surface area contributed by atoms with Crippen molar-refractivity contribution in [2.24, 2.45) is 5.92 Å². The molecular formula is C22H23N5O3S. The minimum Gasteiger partial charge on any atom is -0.462 e. The predicted octanol–water partition coefficient (Wildman–Crippen LogP) is 3.63. The number of anilines is 2. The second kappa shape index (κ2) is 9.65. The molecule has 160 valence electrons. The summed E-state index contributed by atoms with van der Waals surface area (Å²) in [6, 6.07) is 11.2. The van der Waals surface area contributed by atoms with Crippen LogP contribution in [0, 0.1) is 5.92 Å². The number of thiazole rings is 1. The molecule has 1 N–H and O–H groups in total. The van der Waals surface area contributed by atoms with Crippen LogP contribution in [0.3, 0.4) is 0 Å². The average molecular weight is 438 g/mol. The number of amides is 1. The van der Waals surface area contributed by atoms with Crippen molar-refractivity contribution in [1.82, 2.24) is 15.0 Å². The van der Waals surface area contributed by atoms with Crippen LogP contribution in [0.5, 0.6) is 0 Å². The Morgan fingerprint density at radius 3 is 2.52 bits per heavy atom. The van der Waals surface area contributed by atoms with Crippen LogP contribution >= 0.6 is 11.3 Å². The van der Waals surface area contributed by atoms with E-state index in [4.69, 9.17) is 4.74 Å². The summed E-state index contributed by atoms with van der Waals surface area (Å²) in [5.74, 6) is 0.0378. The highest BCUT2D eigenvalue weighted by atomic mass is 32.1. The van der Waals surface area contributed by atoms with Crippen LogP contribution in [0.2, 0.25) is 0 Å². The fourth-order valence-electron chi connectivity index (χ4n) is 3.50. The van der Waals surface area contributed by atoms with E-state index in [1.807, 2.05) is 30.3 Å². The highest BCUT2D eigenvalue weighted by Crippen LogP contribution is 2.32. The average Bonchev–Trinajstić information content (AvgIpc) is 3.24. The summed E-state index contributed by atoms with van der Waals surface area (Å²) in [7, 11) is 0. The smallest absolute Gasteiger partial charge is 0.350 e. The van der Waals surface area contributed by atoms with Crippen molar-refractivity contribution in [3.05, 3.63) is 53.7 Å². The van der Waals surface area contributed by atoms with Gasteiger partial charge in [-0.25, -0.2) is 19.7 Å². The minimum atomic E-state index is -0.435. The molecule has 0 spiro atoms. The van der Waals surface area contributed by atoms with E-state index in [0.717, 1.165) is 16.9 Å². The van der Waals surface area contributed by atoms with Gasteiger partial charge in [-0.2, -0.15) is 0 Å². The normalized spacial score (nSPS) is 14.3. The molecule has 3 heterocycles. The maximum Gasteiger partial charge on any atom is 0.350 e. The number of ether oxygens (including phenoxy) is 1. The van der Waals surface area contributed by atoms with Crippen LogP contribution in [-0.4, -0.2) is 46.5 Å². The predicted molar refractivity (Wildman–Crippen MR) is 119 cm³/mol. The fourth-order valence-corrected chi connectivity index (χ4v) is 4.39. The first-order valence-electron chi connectivity index (χ1n) is 10.2. The zero-order chi connectivity index (χ0) is 21.6. The van der Waals surface area contributed by atoms with Crippen molar-refractivity contribution in [3.8, 4) is 11.3 Å². The molecule has 2 aromatic heterocycles. The quantitative estimate of drug-likeness (QED) is 0.588. The van der Waals surface area contributed by atoms with Crippen LogP contribution in [0.15, 0.2) is 48.8 Å².